The van der Waals surface area contributed by atoms with Gasteiger partial charge in [0.25, 0.3) is 5.91 Å². The number of amides is 2. The average molecular weight is 431 g/mol. The Morgan fingerprint density at radius 1 is 1.10 bits per heavy atom. The van der Waals surface area contributed by atoms with Gasteiger partial charge in [-0.05, 0) is 32.0 Å². The van der Waals surface area contributed by atoms with Gasteiger partial charge >= 0.3 is 0 Å². The van der Waals surface area contributed by atoms with E-state index >= 15 is 0 Å². The summed E-state index contributed by atoms with van der Waals surface area (Å²) in [7, 11) is 0. The summed E-state index contributed by atoms with van der Waals surface area (Å²) in [6.07, 6.45) is 0. The van der Waals surface area contributed by atoms with Crippen LogP contribution in [0.4, 0.5) is 5.69 Å². The van der Waals surface area contributed by atoms with E-state index in [0.717, 1.165) is 11.1 Å². The fourth-order valence-corrected chi connectivity index (χ4v) is 3.26. The molecule has 1 aromatic heterocycles. The number of hydrogen-bond acceptors (Lipinski definition) is 3. The van der Waals surface area contributed by atoms with E-state index in [1.54, 1.807) is 31.2 Å². The Balaban J connectivity index is 1.70. The molecule has 0 atom stereocenters. The second kappa shape index (κ2) is 9.11. The Kier molecular flexibility index (Phi) is 6.56. The van der Waals surface area contributed by atoms with Gasteiger partial charge in [-0.2, -0.15) is 5.10 Å². The summed E-state index contributed by atoms with van der Waals surface area (Å²) in [6, 6.07) is 14.5. The van der Waals surface area contributed by atoms with Gasteiger partial charge in [-0.25, -0.2) is 0 Å². The molecule has 0 saturated heterocycles. The van der Waals surface area contributed by atoms with E-state index in [4.69, 9.17) is 23.2 Å². The van der Waals surface area contributed by atoms with E-state index in [-0.39, 0.29) is 12.5 Å². The zero-order chi connectivity index (χ0) is 21.0. The van der Waals surface area contributed by atoms with Crippen molar-refractivity contribution in [2.24, 2.45) is 0 Å². The largest absolute Gasteiger partial charge is 0.328 e. The molecule has 2 amide bonds. The van der Waals surface area contributed by atoms with Crippen LogP contribution in [0.5, 0.6) is 0 Å². The molecule has 0 saturated carbocycles. The Morgan fingerprint density at radius 3 is 2.38 bits per heavy atom. The minimum Gasteiger partial charge on any atom is -0.328 e. The number of hydrogen-bond donors (Lipinski definition) is 2. The minimum atomic E-state index is -0.395. The Hall–Kier alpha value is -2.83. The molecule has 0 spiro atoms. The van der Waals surface area contributed by atoms with Crippen LogP contribution in [-0.4, -0.2) is 40.0 Å². The number of anilines is 1. The standard InChI is InChI=1S/C21H20Cl2N4O2/c1-3-27(12-19(28)24-20-15(22)5-4-6-16(20)23)21(29)18-11-17(25-26-18)14-9-7-13(2)8-10-14/h4-11H,3,12H2,1-2H3,(H,24,28)(H,25,26). The van der Waals surface area contributed by atoms with Gasteiger partial charge in [-0.1, -0.05) is 59.1 Å². The highest BCUT2D eigenvalue weighted by Gasteiger charge is 2.21. The van der Waals surface area contributed by atoms with Crippen LogP contribution in [0.3, 0.4) is 0 Å². The highest BCUT2D eigenvalue weighted by Crippen LogP contribution is 2.29. The second-order valence-corrected chi connectivity index (χ2v) is 7.31. The lowest BCUT2D eigenvalue weighted by Crippen LogP contribution is -2.38. The first-order valence-corrected chi connectivity index (χ1v) is 9.80. The molecule has 2 aromatic carbocycles. The van der Waals surface area contributed by atoms with E-state index in [0.29, 0.717) is 33.7 Å². The number of aryl methyl sites for hydroxylation is 1. The second-order valence-electron chi connectivity index (χ2n) is 6.50. The number of nitrogens with one attached hydrogen (secondary N) is 2. The summed E-state index contributed by atoms with van der Waals surface area (Å²) in [5.41, 5.74) is 3.35. The van der Waals surface area contributed by atoms with E-state index in [1.165, 1.54) is 4.90 Å². The maximum atomic E-state index is 12.8. The number of likely N-dealkylation sites (N-methyl/N-ethyl adjacent to an activating group) is 1. The van der Waals surface area contributed by atoms with Crippen LogP contribution in [0.25, 0.3) is 11.3 Å². The van der Waals surface area contributed by atoms with Crippen molar-refractivity contribution < 1.29 is 9.59 Å². The minimum absolute atomic E-state index is 0.143. The third-order valence-electron chi connectivity index (χ3n) is 4.39. The van der Waals surface area contributed by atoms with Crippen LogP contribution < -0.4 is 5.32 Å². The molecule has 0 unspecified atom stereocenters. The first-order chi connectivity index (χ1) is 13.9. The summed E-state index contributed by atoms with van der Waals surface area (Å²) in [4.78, 5) is 26.7. The summed E-state index contributed by atoms with van der Waals surface area (Å²) in [6.45, 7) is 4.01. The number of carbonyl (C=O) groups excluding carboxylic acids is 2. The molecule has 3 aromatic rings. The molecule has 1 heterocycles. The normalized spacial score (nSPS) is 10.6. The van der Waals surface area contributed by atoms with Gasteiger partial charge < -0.3 is 10.2 Å². The van der Waals surface area contributed by atoms with Gasteiger partial charge in [-0.15, -0.1) is 0 Å². The zero-order valence-corrected chi connectivity index (χ0v) is 17.5. The van der Waals surface area contributed by atoms with E-state index in [9.17, 15) is 9.59 Å². The highest BCUT2D eigenvalue weighted by molar-refractivity contribution is 6.39. The summed E-state index contributed by atoms with van der Waals surface area (Å²) in [5, 5.41) is 10.3. The van der Waals surface area contributed by atoms with Crippen molar-refractivity contribution in [3.8, 4) is 11.3 Å². The first-order valence-electron chi connectivity index (χ1n) is 9.04. The SMILES string of the molecule is CCN(CC(=O)Nc1c(Cl)cccc1Cl)C(=O)c1cc(-c2ccc(C)cc2)n[nH]1. The van der Waals surface area contributed by atoms with Crippen molar-refractivity contribution in [2.75, 3.05) is 18.4 Å². The fourth-order valence-electron chi connectivity index (χ4n) is 2.77. The number of halogens is 2. The third-order valence-corrected chi connectivity index (χ3v) is 5.02. The van der Waals surface area contributed by atoms with Gasteiger partial charge in [-0.3, -0.25) is 14.7 Å². The Bertz CT molecular complexity index is 1010. The molecule has 0 bridgehead atoms. The van der Waals surface area contributed by atoms with Gasteiger partial charge in [0.2, 0.25) is 5.91 Å². The molecule has 6 nitrogen and oxygen atoms in total. The highest BCUT2D eigenvalue weighted by atomic mass is 35.5. The lowest BCUT2D eigenvalue weighted by Gasteiger charge is -2.20. The number of nitrogens with zero attached hydrogens (tertiary/aromatic N) is 2. The number of benzene rings is 2. The molecule has 3 rings (SSSR count). The molecule has 150 valence electrons. The predicted octanol–water partition coefficient (Wildman–Crippen LogP) is 4.79. The first kappa shape index (κ1) is 20.9. The van der Waals surface area contributed by atoms with E-state index in [2.05, 4.69) is 15.5 Å². The van der Waals surface area contributed by atoms with Crippen molar-refractivity contribution in [3.05, 3.63) is 69.8 Å². The van der Waals surface area contributed by atoms with Gasteiger partial charge in [0.05, 0.1) is 21.4 Å². The maximum Gasteiger partial charge on any atom is 0.272 e. The molecule has 0 aliphatic carbocycles. The predicted molar refractivity (Wildman–Crippen MR) is 115 cm³/mol. The molecular weight excluding hydrogens is 411 g/mol. The van der Waals surface area contributed by atoms with Crippen LogP contribution in [0.15, 0.2) is 48.5 Å². The van der Waals surface area contributed by atoms with Crippen LogP contribution >= 0.6 is 23.2 Å². The van der Waals surface area contributed by atoms with Crippen molar-refractivity contribution >= 4 is 40.7 Å². The Morgan fingerprint density at radius 2 is 1.76 bits per heavy atom. The molecule has 29 heavy (non-hydrogen) atoms. The number of aromatic nitrogens is 2. The smallest absolute Gasteiger partial charge is 0.272 e. The quantitative estimate of drug-likeness (QED) is 0.589. The number of carbonyl (C=O) groups is 2. The number of para-hydroxylation sites is 1. The topological polar surface area (TPSA) is 78.1 Å². The summed E-state index contributed by atoms with van der Waals surface area (Å²) < 4.78 is 0. The van der Waals surface area contributed by atoms with Crippen molar-refractivity contribution in [2.45, 2.75) is 13.8 Å². The summed E-state index contributed by atoms with van der Waals surface area (Å²) >= 11 is 12.2. The monoisotopic (exact) mass is 430 g/mol. The van der Waals surface area contributed by atoms with Gasteiger partial charge in [0.1, 0.15) is 12.2 Å². The molecule has 0 aliphatic heterocycles. The summed E-state index contributed by atoms with van der Waals surface area (Å²) in [5.74, 6) is -0.716. The third kappa shape index (κ3) is 4.96. The molecule has 2 N–H and O–H groups in total. The van der Waals surface area contributed by atoms with Crippen molar-refractivity contribution in [3.63, 3.8) is 0 Å². The van der Waals surface area contributed by atoms with Crippen LogP contribution in [0, 0.1) is 6.92 Å². The van der Waals surface area contributed by atoms with Crippen LogP contribution in [0.1, 0.15) is 23.0 Å². The molecule has 0 aliphatic rings. The Labute approximate surface area is 178 Å². The molecule has 0 radical (unpaired) electrons. The number of H-pyrrole nitrogens is 1. The van der Waals surface area contributed by atoms with Crippen molar-refractivity contribution in [1.29, 1.82) is 0 Å². The van der Waals surface area contributed by atoms with E-state index < -0.39 is 5.91 Å². The molecule has 8 heteroatoms. The molecule has 0 fully saturated rings. The fraction of sp³-hybridized carbons (Fsp3) is 0.190. The van der Waals surface area contributed by atoms with Crippen LogP contribution in [-0.2, 0) is 4.79 Å². The number of rotatable bonds is 6. The van der Waals surface area contributed by atoms with Crippen molar-refractivity contribution in [1.82, 2.24) is 15.1 Å². The zero-order valence-electron chi connectivity index (χ0n) is 16.0. The van der Waals surface area contributed by atoms with Gasteiger partial charge in [0.15, 0.2) is 0 Å². The molecular formula is C21H20Cl2N4O2. The lowest BCUT2D eigenvalue weighted by molar-refractivity contribution is -0.116. The van der Waals surface area contributed by atoms with E-state index in [1.807, 2.05) is 31.2 Å². The van der Waals surface area contributed by atoms with Gasteiger partial charge in [0, 0.05) is 12.1 Å². The maximum absolute atomic E-state index is 12.8. The lowest BCUT2D eigenvalue weighted by atomic mass is 10.1. The average Bonchev–Trinajstić information content (AvgIpc) is 3.19. The number of aromatic amines is 1. The van der Waals surface area contributed by atoms with Crippen LogP contribution in [0.2, 0.25) is 10.0 Å².